The first-order valence-electron chi connectivity index (χ1n) is 10.2. The van der Waals surface area contributed by atoms with Crippen LogP contribution in [0, 0.1) is 19.7 Å². The molecule has 3 aromatic heterocycles. The molecule has 31 heavy (non-hydrogen) atoms. The van der Waals surface area contributed by atoms with Crippen LogP contribution in [0.2, 0.25) is 0 Å². The first kappa shape index (κ1) is 20.1. The number of hydrogen-bond acceptors (Lipinski definition) is 4. The number of halogens is 2. The maximum atomic E-state index is 14.2. The van der Waals surface area contributed by atoms with Gasteiger partial charge in [-0.2, -0.15) is 0 Å². The molecule has 0 amide bonds. The highest BCUT2D eigenvalue weighted by Crippen LogP contribution is 2.48. The summed E-state index contributed by atoms with van der Waals surface area (Å²) in [7, 11) is 0. The molecular weight excluding hydrogens is 455 g/mol. The Bertz CT molecular complexity index is 1350. The third-order valence-electron chi connectivity index (χ3n) is 6.01. The van der Waals surface area contributed by atoms with Gasteiger partial charge in [0, 0.05) is 51.5 Å². The lowest BCUT2D eigenvalue weighted by molar-refractivity contribution is 0.554. The molecule has 0 spiro atoms. The van der Waals surface area contributed by atoms with Crippen LogP contribution >= 0.6 is 15.9 Å². The minimum Gasteiger partial charge on any atom is -0.338 e. The number of fused-ring (bicyclic) bond motifs is 2. The Labute approximate surface area is 189 Å². The molecule has 0 unspecified atom stereocenters. The van der Waals surface area contributed by atoms with Gasteiger partial charge in [0.05, 0.1) is 28.3 Å². The summed E-state index contributed by atoms with van der Waals surface area (Å²) in [6.45, 7) is 9.24. The van der Waals surface area contributed by atoms with E-state index in [1.807, 2.05) is 31.3 Å². The molecule has 0 saturated heterocycles. The zero-order valence-electron chi connectivity index (χ0n) is 17.9. The van der Waals surface area contributed by atoms with Gasteiger partial charge in [0.2, 0.25) is 0 Å². The van der Waals surface area contributed by atoms with Crippen molar-refractivity contribution in [3.63, 3.8) is 0 Å². The van der Waals surface area contributed by atoms with Crippen molar-refractivity contribution >= 4 is 38.2 Å². The van der Waals surface area contributed by atoms with E-state index < -0.39 is 0 Å². The largest absolute Gasteiger partial charge is 0.338 e. The quantitative estimate of drug-likeness (QED) is 0.325. The lowest BCUT2D eigenvalue weighted by Crippen LogP contribution is -2.26. The van der Waals surface area contributed by atoms with Crippen LogP contribution in [0.3, 0.4) is 0 Å². The summed E-state index contributed by atoms with van der Waals surface area (Å²) < 4.78 is 15.1. The third-order valence-corrected chi connectivity index (χ3v) is 6.44. The summed E-state index contributed by atoms with van der Waals surface area (Å²) in [5.74, 6) is -0.296. The Morgan fingerprint density at radius 1 is 1.10 bits per heavy atom. The Hall–Kier alpha value is -2.86. The maximum Gasteiger partial charge on any atom is 0.125 e. The van der Waals surface area contributed by atoms with Crippen LogP contribution in [0.5, 0.6) is 0 Å². The average molecular weight is 477 g/mol. The fourth-order valence-corrected chi connectivity index (χ4v) is 4.89. The van der Waals surface area contributed by atoms with Crippen LogP contribution in [-0.2, 0) is 5.41 Å². The number of hydrogen-bond donors (Lipinski definition) is 0. The van der Waals surface area contributed by atoms with Crippen LogP contribution < -0.4 is 4.90 Å². The van der Waals surface area contributed by atoms with Gasteiger partial charge in [0.1, 0.15) is 5.82 Å². The van der Waals surface area contributed by atoms with Crippen LogP contribution in [0.1, 0.15) is 30.8 Å². The number of benzene rings is 1. The molecule has 0 fully saturated rings. The average Bonchev–Trinajstić information content (AvgIpc) is 2.98. The molecule has 4 heterocycles. The van der Waals surface area contributed by atoms with E-state index in [9.17, 15) is 4.39 Å². The van der Waals surface area contributed by atoms with E-state index in [-0.39, 0.29) is 11.2 Å². The minimum atomic E-state index is -0.296. The van der Waals surface area contributed by atoms with Crippen molar-refractivity contribution in [2.75, 3.05) is 11.4 Å². The van der Waals surface area contributed by atoms with Gasteiger partial charge in [0.15, 0.2) is 0 Å². The molecule has 0 atom stereocenters. The molecule has 1 aliphatic heterocycles. The lowest BCUT2D eigenvalue weighted by Gasteiger charge is -2.27. The zero-order valence-corrected chi connectivity index (χ0v) is 19.5. The molecule has 0 bridgehead atoms. The highest BCUT2D eigenvalue weighted by molar-refractivity contribution is 9.10. The summed E-state index contributed by atoms with van der Waals surface area (Å²) in [6.07, 6.45) is 3.62. The van der Waals surface area contributed by atoms with Crippen molar-refractivity contribution in [2.24, 2.45) is 0 Å². The molecule has 6 heteroatoms. The van der Waals surface area contributed by atoms with Crippen LogP contribution in [-0.4, -0.2) is 21.5 Å². The predicted octanol–water partition coefficient (Wildman–Crippen LogP) is 6.64. The lowest BCUT2D eigenvalue weighted by atomic mass is 9.91. The van der Waals surface area contributed by atoms with Crippen molar-refractivity contribution in [3.05, 3.63) is 76.0 Å². The van der Waals surface area contributed by atoms with Gasteiger partial charge in [-0.25, -0.2) is 9.37 Å². The smallest absolute Gasteiger partial charge is 0.125 e. The van der Waals surface area contributed by atoms with Gasteiger partial charge in [0.25, 0.3) is 0 Å². The van der Waals surface area contributed by atoms with Crippen molar-refractivity contribution in [2.45, 2.75) is 33.1 Å². The summed E-state index contributed by atoms with van der Waals surface area (Å²) >= 11 is 3.58. The molecule has 4 aromatic rings. The molecule has 0 aliphatic carbocycles. The van der Waals surface area contributed by atoms with Crippen LogP contribution in [0.4, 0.5) is 15.8 Å². The summed E-state index contributed by atoms with van der Waals surface area (Å²) in [4.78, 5) is 16.4. The molecule has 5 rings (SSSR count). The molecule has 0 saturated carbocycles. The van der Waals surface area contributed by atoms with E-state index in [2.05, 4.69) is 52.7 Å². The predicted molar refractivity (Wildman–Crippen MR) is 126 cm³/mol. The van der Waals surface area contributed by atoms with E-state index in [0.717, 1.165) is 56.0 Å². The number of aromatic nitrogens is 3. The highest BCUT2D eigenvalue weighted by Gasteiger charge is 2.39. The van der Waals surface area contributed by atoms with Gasteiger partial charge in [-0.05, 0) is 65.7 Å². The SMILES string of the molecule is Cc1ncccc1-c1nc2cc(F)ccc2c(N2CC(C)(C)c3ncc(Br)cc32)c1C. The van der Waals surface area contributed by atoms with E-state index in [1.165, 1.54) is 12.1 Å². The van der Waals surface area contributed by atoms with Crippen LogP contribution in [0.15, 0.2) is 53.3 Å². The first-order valence-corrected chi connectivity index (χ1v) is 11.0. The third kappa shape index (κ3) is 3.21. The second kappa shape index (κ2) is 7.09. The van der Waals surface area contributed by atoms with Gasteiger partial charge in [-0.1, -0.05) is 13.8 Å². The zero-order chi connectivity index (χ0) is 21.9. The van der Waals surface area contributed by atoms with Crippen molar-refractivity contribution in [3.8, 4) is 11.3 Å². The molecule has 4 nitrogen and oxygen atoms in total. The Morgan fingerprint density at radius 3 is 2.68 bits per heavy atom. The van der Waals surface area contributed by atoms with Crippen LogP contribution in [0.25, 0.3) is 22.2 Å². The molecule has 156 valence electrons. The maximum absolute atomic E-state index is 14.2. The van der Waals surface area contributed by atoms with Gasteiger partial charge < -0.3 is 4.90 Å². The monoisotopic (exact) mass is 476 g/mol. The Kier molecular flexibility index (Phi) is 4.59. The highest BCUT2D eigenvalue weighted by atomic mass is 79.9. The molecule has 1 aromatic carbocycles. The fraction of sp³-hybridized carbons (Fsp3) is 0.240. The molecular formula is C25H22BrFN4. The van der Waals surface area contributed by atoms with E-state index in [1.54, 1.807) is 6.20 Å². The number of nitrogens with zero attached hydrogens (tertiary/aromatic N) is 4. The van der Waals surface area contributed by atoms with Gasteiger partial charge in [-0.15, -0.1) is 0 Å². The topological polar surface area (TPSA) is 41.9 Å². The van der Waals surface area contributed by atoms with Crippen molar-refractivity contribution < 1.29 is 4.39 Å². The van der Waals surface area contributed by atoms with Gasteiger partial charge >= 0.3 is 0 Å². The fourth-order valence-electron chi connectivity index (χ4n) is 4.57. The summed E-state index contributed by atoms with van der Waals surface area (Å²) in [5.41, 5.74) is 7.39. The Balaban J connectivity index is 1.85. The standard InChI is InChI=1S/C25H22BrFN4/c1-14-22(18-6-5-9-28-15(18)2)30-20-11-17(27)7-8-19(20)23(14)31-13-25(3,4)24-21(31)10-16(26)12-29-24/h5-12H,13H2,1-4H3. The van der Waals surface area contributed by atoms with E-state index in [4.69, 9.17) is 9.97 Å². The minimum absolute atomic E-state index is 0.123. The molecule has 0 N–H and O–H groups in total. The number of pyridine rings is 3. The Morgan fingerprint density at radius 2 is 1.90 bits per heavy atom. The second-order valence-electron chi connectivity index (χ2n) is 8.72. The van der Waals surface area contributed by atoms with E-state index >= 15 is 0 Å². The second-order valence-corrected chi connectivity index (χ2v) is 9.64. The van der Waals surface area contributed by atoms with E-state index in [0.29, 0.717) is 5.52 Å². The number of anilines is 2. The first-order chi connectivity index (χ1) is 14.8. The number of aryl methyl sites for hydroxylation is 1. The summed E-state index contributed by atoms with van der Waals surface area (Å²) in [6, 6.07) is 10.9. The summed E-state index contributed by atoms with van der Waals surface area (Å²) in [5, 5.41) is 0.924. The van der Waals surface area contributed by atoms with Crippen molar-refractivity contribution in [1.82, 2.24) is 15.0 Å². The van der Waals surface area contributed by atoms with Crippen molar-refractivity contribution in [1.29, 1.82) is 0 Å². The number of rotatable bonds is 2. The van der Waals surface area contributed by atoms with Gasteiger partial charge in [-0.3, -0.25) is 9.97 Å². The molecule has 1 aliphatic rings. The normalized spacial score (nSPS) is 14.8. The molecule has 0 radical (unpaired) electrons.